The lowest BCUT2D eigenvalue weighted by atomic mass is 10.0. The smallest absolute Gasteiger partial charge is 0.410 e. The predicted molar refractivity (Wildman–Crippen MR) is 102 cm³/mol. The summed E-state index contributed by atoms with van der Waals surface area (Å²) in [6.45, 7) is 7.06. The average Bonchev–Trinajstić information content (AvgIpc) is 3.00. The van der Waals surface area contributed by atoms with E-state index in [0.717, 1.165) is 0 Å². The van der Waals surface area contributed by atoms with Crippen molar-refractivity contribution in [1.82, 2.24) is 20.2 Å². The van der Waals surface area contributed by atoms with E-state index in [2.05, 4.69) is 15.3 Å². The molecule has 0 bridgehead atoms. The van der Waals surface area contributed by atoms with Crippen LogP contribution in [0, 0.1) is 0 Å². The van der Waals surface area contributed by atoms with Crippen molar-refractivity contribution < 1.29 is 23.5 Å². The number of hydrogen-bond acceptors (Lipinski definition) is 5. The van der Waals surface area contributed by atoms with Gasteiger partial charge in [-0.1, -0.05) is 18.5 Å². The van der Waals surface area contributed by atoms with Crippen molar-refractivity contribution in [2.45, 2.75) is 58.3 Å². The molecule has 0 radical (unpaired) electrons. The largest absolute Gasteiger partial charge is 0.444 e. The third kappa shape index (κ3) is 6.07. The predicted octanol–water partition coefficient (Wildman–Crippen LogP) is 2.72. The number of nitrogens with one attached hydrogen (secondary N) is 2. The molecule has 0 aliphatic carbocycles. The van der Waals surface area contributed by atoms with Gasteiger partial charge >= 0.3 is 6.09 Å². The Bertz CT molecular complexity index is 692. The molecule has 1 aliphatic heterocycles. The lowest BCUT2D eigenvalue weighted by Gasteiger charge is -2.38. The molecule has 0 unspecified atom stereocenters. The van der Waals surface area contributed by atoms with Crippen LogP contribution in [0.3, 0.4) is 0 Å². The molecule has 1 aliphatic rings. The molecule has 2 atom stereocenters. The molecule has 1 aromatic rings. The number of H-pyrrole nitrogens is 1. The molecular weight excluding hydrogens is 391 g/mol. The summed E-state index contributed by atoms with van der Waals surface area (Å²) in [5.74, 6) is -0.313. The van der Waals surface area contributed by atoms with Crippen LogP contribution in [-0.2, 0) is 15.9 Å². The SMILES string of the molecule is CCc1[nH]c(C(=O)N[C@@H]2CCN(C(=O)OC(C)(C)C)C[C@@H]2OCCF)nc1Cl. The van der Waals surface area contributed by atoms with Gasteiger partial charge in [0.2, 0.25) is 0 Å². The van der Waals surface area contributed by atoms with Crippen molar-refractivity contribution in [3.8, 4) is 0 Å². The minimum absolute atomic E-state index is 0.112. The van der Waals surface area contributed by atoms with Gasteiger partial charge in [-0.2, -0.15) is 0 Å². The fraction of sp³-hybridized carbons (Fsp3) is 0.722. The lowest BCUT2D eigenvalue weighted by molar-refractivity contribution is -0.0359. The number of halogens is 2. The number of rotatable bonds is 6. The first-order valence-electron chi connectivity index (χ1n) is 9.35. The first kappa shape index (κ1) is 22.4. The summed E-state index contributed by atoms with van der Waals surface area (Å²) in [6.07, 6.45) is 0.0423. The second-order valence-corrected chi connectivity index (χ2v) is 7.96. The van der Waals surface area contributed by atoms with Gasteiger partial charge in [0.1, 0.15) is 12.3 Å². The minimum atomic E-state index is -0.656. The van der Waals surface area contributed by atoms with Gasteiger partial charge in [0.25, 0.3) is 5.91 Å². The first-order valence-corrected chi connectivity index (χ1v) is 9.73. The highest BCUT2D eigenvalue weighted by Gasteiger charge is 2.35. The highest BCUT2D eigenvalue weighted by Crippen LogP contribution is 2.19. The number of aromatic nitrogens is 2. The number of imidazole rings is 1. The van der Waals surface area contributed by atoms with Crippen LogP contribution in [-0.4, -0.2) is 71.0 Å². The molecule has 28 heavy (non-hydrogen) atoms. The topological polar surface area (TPSA) is 96.6 Å². The maximum Gasteiger partial charge on any atom is 0.410 e. The number of likely N-dealkylation sites (tertiary alicyclic amines) is 1. The number of carbonyl (C=O) groups excluding carboxylic acids is 2. The number of hydrogen-bond donors (Lipinski definition) is 2. The molecular formula is C18H28ClFN4O4. The molecule has 1 aromatic heterocycles. The maximum absolute atomic E-state index is 12.6. The van der Waals surface area contributed by atoms with Crippen molar-refractivity contribution in [1.29, 1.82) is 0 Å². The Balaban J connectivity index is 2.04. The Labute approximate surface area is 169 Å². The van der Waals surface area contributed by atoms with E-state index in [1.54, 1.807) is 20.8 Å². The van der Waals surface area contributed by atoms with E-state index in [1.807, 2.05) is 6.92 Å². The highest BCUT2D eigenvalue weighted by molar-refractivity contribution is 6.30. The van der Waals surface area contributed by atoms with E-state index < -0.39 is 36.4 Å². The van der Waals surface area contributed by atoms with Crippen molar-refractivity contribution in [3.05, 3.63) is 16.7 Å². The number of aromatic amines is 1. The van der Waals surface area contributed by atoms with Crippen molar-refractivity contribution >= 4 is 23.6 Å². The molecule has 8 nitrogen and oxygen atoms in total. The van der Waals surface area contributed by atoms with Gasteiger partial charge in [-0.3, -0.25) is 4.79 Å². The van der Waals surface area contributed by atoms with Gasteiger partial charge in [0, 0.05) is 6.54 Å². The second-order valence-electron chi connectivity index (χ2n) is 7.60. The summed E-state index contributed by atoms with van der Waals surface area (Å²) in [5.41, 5.74) is 0.0595. The van der Waals surface area contributed by atoms with E-state index in [9.17, 15) is 14.0 Å². The van der Waals surface area contributed by atoms with Crippen LogP contribution < -0.4 is 5.32 Å². The van der Waals surface area contributed by atoms with Gasteiger partial charge in [-0.15, -0.1) is 0 Å². The van der Waals surface area contributed by atoms with Crippen LogP contribution in [0.2, 0.25) is 5.15 Å². The van der Waals surface area contributed by atoms with Gasteiger partial charge in [-0.05, 0) is 33.6 Å². The zero-order valence-corrected chi connectivity index (χ0v) is 17.4. The molecule has 2 heterocycles. The number of ether oxygens (including phenoxy) is 2. The van der Waals surface area contributed by atoms with E-state index >= 15 is 0 Å². The number of piperidine rings is 1. The van der Waals surface area contributed by atoms with Gasteiger partial charge in [0.05, 0.1) is 31.0 Å². The monoisotopic (exact) mass is 418 g/mol. The Morgan fingerprint density at radius 1 is 1.43 bits per heavy atom. The van der Waals surface area contributed by atoms with Crippen LogP contribution in [0.25, 0.3) is 0 Å². The van der Waals surface area contributed by atoms with Crippen molar-refractivity contribution in [2.24, 2.45) is 0 Å². The third-order valence-electron chi connectivity index (χ3n) is 4.23. The molecule has 0 spiro atoms. The molecule has 10 heteroatoms. The average molecular weight is 419 g/mol. The highest BCUT2D eigenvalue weighted by atomic mass is 35.5. The summed E-state index contributed by atoms with van der Waals surface area (Å²) in [6, 6.07) is -0.397. The summed E-state index contributed by atoms with van der Waals surface area (Å²) in [7, 11) is 0. The molecule has 0 saturated carbocycles. The third-order valence-corrected chi connectivity index (χ3v) is 4.55. The van der Waals surface area contributed by atoms with E-state index in [-0.39, 0.29) is 24.1 Å². The molecule has 2 N–H and O–H groups in total. The number of aryl methyl sites for hydroxylation is 1. The lowest BCUT2D eigenvalue weighted by Crippen LogP contribution is -2.57. The normalized spacial score (nSPS) is 20.1. The van der Waals surface area contributed by atoms with Crippen LogP contribution in [0.5, 0.6) is 0 Å². The minimum Gasteiger partial charge on any atom is -0.444 e. The maximum atomic E-state index is 12.6. The Morgan fingerprint density at radius 2 is 2.14 bits per heavy atom. The van der Waals surface area contributed by atoms with Crippen molar-refractivity contribution in [3.63, 3.8) is 0 Å². The van der Waals surface area contributed by atoms with E-state index in [4.69, 9.17) is 21.1 Å². The Morgan fingerprint density at radius 3 is 2.71 bits per heavy atom. The first-order chi connectivity index (χ1) is 13.1. The Hall–Kier alpha value is -1.87. The van der Waals surface area contributed by atoms with Crippen LogP contribution in [0.1, 0.15) is 50.4 Å². The van der Waals surface area contributed by atoms with Gasteiger partial charge < -0.3 is 24.7 Å². The molecule has 1 fully saturated rings. The quantitative estimate of drug-likeness (QED) is 0.740. The number of amides is 2. The van der Waals surface area contributed by atoms with Gasteiger partial charge in [-0.25, -0.2) is 14.2 Å². The summed E-state index contributed by atoms with van der Waals surface area (Å²) in [5, 5.41) is 3.11. The molecule has 0 aromatic carbocycles. The summed E-state index contributed by atoms with van der Waals surface area (Å²) < 4.78 is 23.6. The standard InChI is InChI=1S/C18H28ClFN4O4/c1-5-11-14(19)23-15(21-11)16(25)22-12-6-8-24(10-13(12)27-9-7-20)17(26)28-18(2,3)4/h12-13H,5-10H2,1-4H3,(H,21,23)(H,22,25)/t12-,13+/m1/s1. The molecule has 2 amide bonds. The van der Waals surface area contributed by atoms with Crippen LogP contribution >= 0.6 is 11.6 Å². The van der Waals surface area contributed by atoms with Crippen molar-refractivity contribution in [2.75, 3.05) is 26.4 Å². The summed E-state index contributed by atoms with van der Waals surface area (Å²) in [4.78, 5) is 33.3. The fourth-order valence-corrected chi connectivity index (χ4v) is 3.17. The Kier molecular flexibility index (Phi) is 7.65. The van der Waals surface area contributed by atoms with E-state index in [0.29, 0.717) is 25.1 Å². The van der Waals surface area contributed by atoms with E-state index in [1.165, 1.54) is 4.90 Å². The number of alkyl halides is 1. The molecule has 2 rings (SSSR count). The zero-order valence-electron chi connectivity index (χ0n) is 16.7. The fourth-order valence-electron chi connectivity index (χ4n) is 2.91. The number of carbonyl (C=O) groups is 2. The summed E-state index contributed by atoms with van der Waals surface area (Å²) >= 11 is 5.99. The van der Waals surface area contributed by atoms with Crippen LogP contribution in [0.15, 0.2) is 0 Å². The molecule has 1 saturated heterocycles. The second kappa shape index (κ2) is 9.56. The molecule has 158 valence electrons. The van der Waals surface area contributed by atoms with Gasteiger partial charge in [0.15, 0.2) is 11.0 Å². The number of nitrogens with zero attached hydrogens (tertiary/aromatic N) is 2. The zero-order chi connectivity index (χ0) is 20.9. The van der Waals surface area contributed by atoms with Crippen LogP contribution in [0.4, 0.5) is 9.18 Å².